The van der Waals surface area contributed by atoms with Crippen molar-refractivity contribution in [1.82, 2.24) is 5.06 Å². The highest BCUT2D eigenvalue weighted by atomic mass is 16.7. The van der Waals surface area contributed by atoms with Gasteiger partial charge in [-0.25, -0.2) is 0 Å². The summed E-state index contributed by atoms with van der Waals surface area (Å²) in [5.74, 6) is 0. The van der Waals surface area contributed by atoms with Crippen molar-refractivity contribution in [2.75, 3.05) is 19.7 Å². The Kier molecular flexibility index (Phi) is 11.5. The van der Waals surface area contributed by atoms with Crippen LogP contribution in [0.15, 0.2) is 0 Å². The van der Waals surface area contributed by atoms with Gasteiger partial charge in [-0.3, -0.25) is 14.4 Å². The summed E-state index contributed by atoms with van der Waals surface area (Å²) >= 11 is 0. The molecule has 4 unspecified atom stereocenters. The van der Waals surface area contributed by atoms with Crippen molar-refractivity contribution in [1.29, 1.82) is 0 Å². The molecule has 0 spiro atoms. The van der Waals surface area contributed by atoms with Crippen LogP contribution in [-0.2, 0) is 19.2 Å². The number of carbonyl (C=O) groups excluding carboxylic acids is 3. The van der Waals surface area contributed by atoms with Crippen LogP contribution >= 0.6 is 0 Å². The molecule has 1 saturated heterocycles. The summed E-state index contributed by atoms with van der Waals surface area (Å²) in [4.78, 5) is 34.5. The maximum absolute atomic E-state index is 10.8. The molecule has 0 aromatic heterocycles. The van der Waals surface area contributed by atoms with Crippen molar-refractivity contribution in [3.05, 3.63) is 0 Å². The van der Waals surface area contributed by atoms with E-state index in [0.717, 1.165) is 12.8 Å². The van der Waals surface area contributed by atoms with Gasteiger partial charge in [-0.2, -0.15) is 5.06 Å². The van der Waals surface area contributed by atoms with Gasteiger partial charge in [0.25, 0.3) is 0 Å². The topological polar surface area (TPSA) is 165 Å². The molecule has 0 aliphatic carbocycles. The molecule has 1 fully saturated rings. The second-order valence-electron chi connectivity index (χ2n) is 4.84. The molecule has 0 aromatic carbocycles. The second-order valence-corrected chi connectivity index (χ2v) is 4.84. The Morgan fingerprint density at radius 1 is 0.913 bits per heavy atom. The highest BCUT2D eigenvalue weighted by molar-refractivity contribution is 5.79. The largest absolute Gasteiger partial charge is 0.394 e. The van der Waals surface area contributed by atoms with Crippen LogP contribution in [-0.4, -0.2) is 99.7 Å². The lowest BCUT2D eigenvalue weighted by Gasteiger charge is -2.28. The maximum Gasteiger partial charge on any atom is 0.164 e. The van der Waals surface area contributed by atoms with Crippen LogP contribution in [0, 0.1) is 0 Å². The first-order chi connectivity index (χ1) is 10.9. The molecule has 0 radical (unpaired) electrons. The number of hydrogen-bond acceptors (Lipinski definition) is 10. The highest BCUT2D eigenvalue weighted by Crippen LogP contribution is 2.13. The zero-order valence-corrected chi connectivity index (χ0v) is 12.5. The molecular formula is C13H23NO9. The summed E-state index contributed by atoms with van der Waals surface area (Å²) in [6.45, 7) is 0.624. The summed E-state index contributed by atoms with van der Waals surface area (Å²) in [5.41, 5.74) is 0. The number of aliphatic hydroxyl groups is 5. The molecule has 0 aromatic rings. The minimum Gasteiger partial charge on any atom is -0.394 e. The quantitative estimate of drug-likeness (QED) is 0.210. The number of rotatable bonds is 9. The van der Waals surface area contributed by atoms with Gasteiger partial charge in [0.05, 0.1) is 6.61 Å². The zero-order valence-electron chi connectivity index (χ0n) is 12.5. The van der Waals surface area contributed by atoms with Crippen LogP contribution in [0.25, 0.3) is 0 Å². The molecule has 23 heavy (non-hydrogen) atoms. The summed E-state index contributed by atoms with van der Waals surface area (Å²) in [6.07, 6.45) is -4.79. The molecule has 0 bridgehead atoms. The molecule has 0 saturated carbocycles. The smallest absolute Gasteiger partial charge is 0.164 e. The molecule has 0 amide bonds. The van der Waals surface area contributed by atoms with Gasteiger partial charge in [-0.05, 0) is 12.8 Å². The summed E-state index contributed by atoms with van der Waals surface area (Å²) in [7, 11) is 0. The number of aliphatic hydroxyl groups excluding tert-OH is 5. The van der Waals surface area contributed by atoms with E-state index in [2.05, 4.69) is 0 Å². The van der Waals surface area contributed by atoms with E-state index in [0.29, 0.717) is 19.4 Å². The Bertz CT molecular complexity index is 340. The first-order valence-corrected chi connectivity index (χ1v) is 7.02. The molecule has 4 atom stereocenters. The SMILES string of the molecule is O=CC(O)C=O.O=CC(ON1CCCC1)C(O)C(O)C(O)CO. The van der Waals surface area contributed by atoms with Crippen molar-refractivity contribution < 1.29 is 44.8 Å². The Balaban J connectivity index is 0.000000688. The molecular weight excluding hydrogens is 314 g/mol. The predicted molar refractivity (Wildman–Crippen MR) is 75.0 cm³/mol. The van der Waals surface area contributed by atoms with Gasteiger partial charge < -0.3 is 30.3 Å². The van der Waals surface area contributed by atoms with Crippen LogP contribution in [0.3, 0.4) is 0 Å². The fourth-order valence-electron chi connectivity index (χ4n) is 1.70. The summed E-state index contributed by atoms with van der Waals surface area (Å²) in [5, 5.41) is 46.3. The molecule has 1 aliphatic heterocycles. The lowest BCUT2D eigenvalue weighted by Crippen LogP contribution is -2.49. The molecule has 1 heterocycles. The predicted octanol–water partition coefficient (Wildman–Crippen LogP) is -3.60. The van der Waals surface area contributed by atoms with Crippen molar-refractivity contribution >= 4 is 18.9 Å². The maximum atomic E-state index is 10.8. The van der Waals surface area contributed by atoms with E-state index in [1.807, 2.05) is 0 Å². The molecule has 10 heteroatoms. The van der Waals surface area contributed by atoms with E-state index in [4.69, 9.17) is 20.2 Å². The zero-order chi connectivity index (χ0) is 17.8. The summed E-state index contributed by atoms with van der Waals surface area (Å²) < 4.78 is 0. The van der Waals surface area contributed by atoms with Gasteiger partial charge in [0, 0.05) is 13.1 Å². The van der Waals surface area contributed by atoms with E-state index in [9.17, 15) is 24.6 Å². The Labute approximate surface area is 132 Å². The number of hydroxylamine groups is 2. The lowest BCUT2D eigenvalue weighted by molar-refractivity contribution is -0.221. The molecule has 10 nitrogen and oxygen atoms in total. The van der Waals surface area contributed by atoms with Gasteiger partial charge in [-0.1, -0.05) is 0 Å². The van der Waals surface area contributed by atoms with Gasteiger partial charge in [0.1, 0.15) is 18.3 Å². The number of aldehydes is 3. The first-order valence-electron chi connectivity index (χ1n) is 7.02. The van der Waals surface area contributed by atoms with E-state index in [-0.39, 0.29) is 12.6 Å². The third-order valence-corrected chi connectivity index (χ3v) is 3.02. The Morgan fingerprint density at radius 3 is 1.78 bits per heavy atom. The van der Waals surface area contributed by atoms with Crippen molar-refractivity contribution in [2.24, 2.45) is 0 Å². The van der Waals surface area contributed by atoms with E-state index in [1.165, 1.54) is 0 Å². The van der Waals surface area contributed by atoms with Gasteiger partial charge in [0.15, 0.2) is 31.1 Å². The Hall–Kier alpha value is -1.27. The monoisotopic (exact) mass is 337 g/mol. The van der Waals surface area contributed by atoms with Crippen LogP contribution < -0.4 is 0 Å². The van der Waals surface area contributed by atoms with Crippen molar-refractivity contribution in [3.8, 4) is 0 Å². The average Bonchev–Trinajstić information content (AvgIpc) is 3.10. The molecule has 1 rings (SSSR count). The second kappa shape index (κ2) is 12.2. The van der Waals surface area contributed by atoms with E-state index in [1.54, 1.807) is 5.06 Å². The van der Waals surface area contributed by atoms with Gasteiger partial charge >= 0.3 is 0 Å². The normalized spacial score (nSPS) is 20.1. The fraction of sp³-hybridized carbons (Fsp3) is 0.769. The Morgan fingerprint density at radius 2 is 1.43 bits per heavy atom. The van der Waals surface area contributed by atoms with Crippen LogP contribution in [0.2, 0.25) is 0 Å². The number of hydrogen-bond donors (Lipinski definition) is 5. The molecule has 5 N–H and O–H groups in total. The van der Waals surface area contributed by atoms with E-state index >= 15 is 0 Å². The third kappa shape index (κ3) is 8.23. The minimum absolute atomic E-state index is 0.160. The van der Waals surface area contributed by atoms with Gasteiger partial charge in [0.2, 0.25) is 0 Å². The van der Waals surface area contributed by atoms with Crippen molar-refractivity contribution in [2.45, 2.75) is 43.4 Å². The van der Waals surface area contributed by atoms with Crippen LogP contribution in [0.1, 0.15) is 12.8 Å². The minimum atomic E-state index is -1.63. The van der Waals surface area contributed by atoms with Crippen LogP contribution in [0.4, 0.5) is 0 Å². The van der Waals surface area contributed by atoms with E-state index < -0.39 is 37.1 Å². The highest BCUT2D eigenvalue weighted by Gasteiger charge is 2.33. The molecule has 134 valence electrons. The molecule has 1 aliphatic rings. The fourth-order valence-corrected chi connectivity index (χ4v) is 1.70. The number of nitrogens with zero attached hydrogens (tertiary/aromatic N) is 1. The third-order valence-electron chi connectivity index (χ3n) is 3.02. The standard InChI is InChI=1S/C10H19NO6.C3H4O3/c12-5-7(14)9(15)10(16)8(6-13)17-11-3-1-2-4-11;4-1-3(6)2-5/h6-10,12,14-16H,1-5H2;1-3,6H. The summed E-state index contributed by atoms with van der Waals surface area (Å²) in [6, 6.07) is 0. The van der Waals surface area contributed by atoms with Crippen molar-refractivity contribution in [3.63, 3.8) is 0 Å². The van der Waals surface area contributed by atoms with Gasteiger partial charge in [-0.15, -0.1) is 0 Å². The first kappa shape index (κ1) is 21.7. The average molecular weight is 337 g/mol. The number of carbonyl (C=O) groups is 3. The lowest BCUT2D eigenvalue weighted by atomic mass is 10.0. The van der Waals surface area contributed by atoms with Crippen LogP contribution in [0.5, 0.6) is 0 Å².